The Morgan fingerprint density at radius 3 is 2.46 bits per heavy atom. The predicted octanol–water partition coefficient (Wildman–Crippen LogP) is 4.53. The lowest BCUT2D eigenvalue weighted by Crippen LogP contribution is -1.98. The summed E-state index contributed by atoms with van der Waals surface area (Å²) in [4.78, 5) is 13.1. The van der Waals surface area contributed by atoms with Gasteiger partial charge in [0.2, 0.25) is 5.88 Å². The van der Waals surface area contributed by atoms with E-state index in [2.05, 4.69) is 20.3 Å². The van der Waals surface area contributed by atoms with Crippen LogP contribution in [0.3, 0.4) is 0 Å². The molecular formula is C22H19N5O. The molecule has 0 saturated heterocycles. The SMILES string of the molecule is NCc1cccc(-c2nccnc2Oc2ccc(Nc3ccccn3)cc2)c1. The van der Waals surface area contributed by atoms with Gasteiger partial charge in [0.25, 0.3) is 0 Å². The van der Waals surface area contributed by atoms with Crippen molar-refractivity contribution in [3.05, 3.63) is 90.9 Å². The molecule has 0 spiro atoms. The van der Waals surface area contributed by atoms with E-state index in [4.69, 9.17) is 10.5 Å². The first-order chi connectivity index (χ1) is 13.8. The fourth-order valence-electron chi connectivity index (χ4n) is 2.75. The highest BCUT2D eigenvalue weighted by molar-refractivity contribution is 5.65. The zero-order chi connectivity index (χ0) is 19.2. The maximum Gasteiger partial charge on any atom is 0.246 e. The van der Waals surface area contributed by atoms with Crippen molar-refractivity contribution in [1.82, 2.24) is 15.0 Å². The monoisotopic (exact) mass is 369 g/mol. The fourth-order valence-corrected chi connectivity index (χ4v) is 2.75. The van der Waals surface area contributed by atoms with Gasteiger partial charge in [0, 0.05) is 36.4 Å². The quantitative estimate of drug-likeness (QED) is 0.519. The molecule has 0 atom stereocenters. The van der Waals surface area contributed by atoms with Crippen LogP contribution in [0, 0.1) is 0 Å². The van der Waals surface area contributed by atoms with E-state index < -0.39 is 0 Å². The molecule has 0 bridgehead atoms. The number of hydrogen-bond acceptors (Lipinski definition) is 6. The molecule has 0 fully saturated rings. The Hall–Kier alpha value is -3.77. The van der Waals surface area contributed by atoms with Gasteiger partial charge >= 0.3 is 0 Å². The minimum Gasteiger partial charge on any atom is -0.437 e. The molecule has 0 saturated carbocycles. The summed E-state index contributed by atoms with van der Waals surface area (Å²) in [5.74, 6) is 1.90. The zero-order valence-electron chi connectivity index (χ0n) is 15.1. The first-order valence-corrected chi connectivity index (χ1v) is 8.88. The first kappa shape index (κ1) is 17.6. The number of anilines is 2. The van der Waals surface area contributed by atoms with E-state index in [-0.39, 0.29) is 0 Å². The normalized spacial score (nSPS) is 10.5. The molecule has 0 amide bonds. The molecule has 0 aliphatic heterocycles. The summed E-state index contributed by atoms with van der Waals surface area (Å²) in [6.07, 6.45) is 5.01. The van der Waals surface area contributed by atoms with Crippen molar-refractivity contribution in [2.45, 2.75) is 6.54 Å². The van der Waals surface area contributed by atoms with Crippen molar-refractivity contribution in [2.24, 2.45) is 5.73 Å². The molecule has 3 N–H and O–H groups in total. The van der Waals surface area contributed by atoms with E-state index in [1.54, 1.807) is 18.6 Å². The summed E-state index contributed by atoms with van der Waals surface area (Å²) in [6, 6.07) is 21.2. The maximum absolute atomic E-state index is 5.99. The molecule has 0 radical (unpaired) electrons. The number of ether oxygens (including phenoxy) is 1. The average Bonchev–Trinajstić information content (AvgIpc) is 2.76. The van der Waals surface area contributed by atoms with Crippen LogP contribution in [0.2, 0.25) is 0 Å². The number of pyridine rings is 1. The summed E-state index contributed by atoms with van der Waals surface area (Å²) < 4.78 is 5.99. The third-order valence-corrected chi connectivity index (χ3v) is 4.11. The molecule has 6 heteroatoms. The van der Waals surface area contributed by atoms with Crippen molar-refractivity contribution in [3.8, 4) is 22.9 Å². The van der Waals surface area contributed by atoms with E-state index in [0.29, 0.717) is 23.9 Å². The molecule has 28 heavy (non-hydrogen) atoms. The van der Waals surface area contributed by atoms with Crippen molar-refractivity contribution >= 4 is 11.5 Å². The lowest BCUT2D eigenvalue weighted by atomic mass is 10.1. The number of benzene rings is 2. The number of nitrogens with zero attached hydrogens (tertiary/aromatic N) is 3. The average molecular weight is 369 g/mol. The third kappa shape index (κ3) is 4.13. The number of aromatic nitrogens is 3. The largest absolute Gasteiger partial charge is 0.437 e. The Morgan fingerprint density at radius 2 is 1.68 bits per heavy atom. The van der Waals surface area contributed by atoms with Crippen LogP contribution in [-0.2, 0) is 6.54 Å². The van der Waals surface area contributed by atoms with Crippen LogP contribution in [0.15, 0.2) is 85.3 Å². The summed E-state index contributed by atoms with van der Waals surface area (Å²) in [7, 11) is 0. The van der Waals surface area contributed by atoms with Gasteiger partial charge in [-0.15, -0.1) is 0 Å². The lowest BCUT2D eigenvalue weighted by Gasteiger charge is -2.11. The molecular weight excluding hydrogens is 350 g/mol. The van der Waals surface area contributed by atoms with Crippen LogP contribution < -0.4 is 15.8 Å². The van der Waals surface area contributed by atoms with Gasteiger partial charge in [-0.1, -0.05) is 24.3 Å². The Balaban J connectivity index is 1.55. The fraction of sp³-hybridized carbons (Fsp3) is 0.0455. The smallest absolute Gasteiger partial charge is 0.246 e. The standard InChI is InChI=1S/C22H19N5O/c23-15-16-4-3-5-17(14-16)21-22(26-13-12-25-21)28-19-9-7-18(8-10-19)27-20-6-1-2-11-24-20/h1-14H,15,23H2,(H,24,27). The van der Waals surface area contributed by atoms with Crippen LogP contribution in [-0.4, -0.2) is 15.0 Å². The molecule has 2 aromatic carbocycles. The molecule has 6 nitrogen and oxygen atoms in total. The van der Waals surface area contributed by atoms with Gasteiger partial charge < -0.3 is 15.8 Å². The molecule has 4 rings (SSSR count). The highest BCUT2D eigenvalue weighted by Gasteiger charge is 2.11. The summed E-state index contributed by atoms with van der Waals surface area (Å²) in [6.45, 7) is 0.467. The Bertz CT molecular complexity index is 1050. The third-order valence-electron chi connectivity index (χ3n) is 4.11. The van der Waals surface area contributed by atoms with Crippen LogP contribution in [0.25, 0.3) is 11.3 Å². The Morgan fingerprint density at radius 1 is 0.821 bits per heavy atom. The second kappa shape index (κ2) is 8.28. The highest BCUT2D eigenvalue weighted by atomic mass is 16.5. The summed E-state index contributed by atoms with van der Waals surface area (Å²) in [5.41, 5.74) is 9.29. The molecule has 0 aliphatic rings. The number of nitrogens with one attached hydrogen (secondary N) is 1. The van der Waals surface area contributed by atoms with Gasteiger partial charge in [0.15, 0.2) is 0 Å². The van der Waals surface area contributed by atoms with Crippen LogP contribution in [0.4, 0.5) is 11.5 Å². The second-order valence-corrected chi connectivity index (χ2v) is 6.08. The van der Waals surface area contributed by atoms with Crippen molar-refractivity contribution in [1.29, 1.82) is 0 Å². The van der Waals surface area contributed by atoms with Crippen LogP contribution >= 0.6 is 0 Å². The van der Waals surface area contributed by atoms with Crippen molar-refractivity contribution in [2.75, 3.05) is 5.32 Å². The highest BCUT2D eigenvalue weighted by Crippen LogP contribution is 2.30. The Kier molecular flexibility index (Phi) is 5.22. The van der Waals surface area contributed by atoms with Crippen molar-refractivity contribution in [3.63, 3.8) is 0 Å². The van der Waals surface area contributed by atoms with Gasteiger partial charge in [0.1, 0.15) is 17.3 Å². The van der Waals surface area contributed by atoms with Gasteiger partial charge in [-0.05, 0) is 48.0 Å². The number of rotatable bonds is 6. The molecule has 4 aromatic rings. The summed E-state index contributed by atoms with van der Waals surface area (Å²) in [5, 5.41) is 3.24. The van der Waals surface area contributed by atoms with E-state index in [0.717, 1.165) is 22.6 Å². The molecule has 2 heterocycles. The lowest BCUT2D eigenvalue weighted by molar-refractivity contribution is 0.462. The minimum atomic E-state index is 0.446. The van der Waals surface area contributed by atoms with Gasteiger partial charge in [-0.2, -0.15) is 0 Å². The molecule has 138 valence electrons. The molecule has 0 aliphatic carbocycles. The molecule has 2 aromatic heterocycles. The van der Waals surface area contributed by atoms with E-state index >= 15 is 0 Å². The van der Waals surface area contributed by atoms with E-state index in [9.17, 15) is 0 Å². The first-order valence-electron chi connectivity index (χ1n) is 8.88. The van der Waals surface area contributed by atoms with Crippen molar-refractivity contribution < 1.29 is 4.74 Å². The molecule has 0 unspecified atom stereocenters. The number of hydrogen-bond donors (Lipinski definition) is 2. The summed E-state index contributed by atoms with van der Waals surface area (Å²) >= 11 is 0. The van der Waals surface area contributed by atoms with Crippen LogP contribution in [0.5, 0.6) is 11.6 Å². The van der Waals surface area contributed by atoms with E-state index in [1.807, 2.05) is 66.7 Å². The maximum atomic E-state index is 5.99. The topological polar surface area (TPSA) is 86.0 Å². The van der Waals surface area contributed by atoms with Gasteiger partial charge in [-0.25, -0.2) is 15.0 Å². The predicted molar refractivity (Wildman–Crippen MR) is 109 cm³/mol. The van der Waals surface area contributed by atoms with Crippen LogP contribution in [0.1, 0.15) is 5.56 Å². The minimum absolute atomic E-state index is 0.446. The van der Waals surface area contributed by atoms with Gasteiger partial charge in [0.05, 0.1) is 0 Å². The van der Waals surface area contributed by atoms with E-state index in [1.165, 1.54) is 0 Å². The Labute approximate surface area is 163 Å². The second-order valence-electron chi connectivity index (χ2n) is 6.08. The van der Waals surface area contributed by atoms with Gasteiger partial charge in [-0.3, -0.25) is 0 Å². The zero-order valence-corrected chi connectivity index (χ0v) is 15.1. The number of nitrogens with two attached hydrogens (primary N) is 1.